The molecule has 1 aliphatic carbocycles. The minimum absolute atomic E-state index is 0.0138. The molecule has 1 aromatic heterocycles. The molecule has 1 amide bonds. The van der Waals surface area contributed by atoms with E-state index in [1.807, 2.05) is 0 Å². The SMILES string of the molecule is O=C(NCCCn1ccnn1)[C@H]1CCC[C@H](O)C1. The molecule has 0 unspecified atom stereocenters. The second-order valence-electron chi connectivity index (χ2n) is 4.83. The Bertz CT molecular complexity index is 366. The summed E-state index contributed by atoms with van der Waals surface area (Å²) in [6.07, 6.45) is 7.26. The number of rotatable bonds is 5. The Hall–Kier alpha value is -1.43. The molecule has 0 aromatic carbocycles. The molecule has 0 saturated heterocycles. The van der Waals surface area contributed by atoms with Crippen molar-refractivity contribution >= 4 is 5.91 Å². The molecular weight excluding hydrogens is 232 g/mol. The number of aliphatic hydroxyl groups excluding tert-OH is 1. The van der Waals surface area contributed by atoms with Crippen LogP contribution in [0.15, 0.2) is 12.4 Å². The Morgan fingerprint density at radius 3 is 3.11 bits per heavy atom. The Labute approximate surface area is 106 Å². The van der Waals surface area contributed by atoms with Crippen LogP contribution in [-0.2, 0) is 11.3 Å². The van der Waals surface area contributed by atoms with Gasteiger partial charge in [0.15, 0.2) is 0 Å². The molecule has 100 valence electrons. The van der Waals surface area contributed by atoms with Crippen molar-refractivity contribution < 1.29 is 9.90 Å². The van der Waals surface area contributed by atoms with E-state index in [0.717, 1.165) is 32.2 Å². The maximum atomic E-state index is 11.8. The number of aryl methyl sites for hydroxylation is 1. The zero-order valence-corrected chi connectivity index (χ0v) is 10.5. The van der Waals surface area contributed by atoms with Crippen LogP contribution in [0, 0.1) is 5.92 Å². The fourth-order valence-corrected chi connectivity index (χ4v) is 2.35. The van der Waals surface area contributed by atoms with E-state index < -0.39 is 0 Å². The predicted octanol–water partition coefficient (Wildman–Crippen LogP) is 0.335. The lowest BCUT2D eigenvalue weighted by atomic mass is 9.87. The first-order valence-electron chi connectivity index (χ1n) is 6.55. The van der Waals surface area contributed by atoms with Crippen molar-refractivity contribution in [1.29, 1.82) is 0 Å². The topological polar surface area (TPSA) is 80.0 Å². The highest BCUT2D eigenvalue weighted by Crippen LogP contribution is 2.24. The van der Waals surface area contributed by atoms with Gasteiger partial charge in [0.05, 0.1) is 12.3 Å². The van der Waals surface area contributed by atoms with Crippen molar-refractivity contribution in [2.24, 2.45) is 5.92 Å². The molecule has 2 rings (SSSR count). The molecule has 2 N–H and O–H groups in total. The van der Waals surface area contributed by atoms with Crippen molar-refractivity contribution in [3.63, 3.8) is 0 Å². The van der Waals surface area contributed by atoms with Crippen molar-refractivity contribution in [2.75, 3.05) is 6.54 Å². The van der Waals surface area contributed by atoms with E-state index in [1.54, 1.807) is 17.1 Å². The van der Waals surface area contributed by atoms with Crippen LogP contribution in [0.1, 0.15) is 32.1 Å². The van der Waals surface area contributed by atoms with E-state index in [1.165, 1.54) is 0 Å². The highest BCUT2D eigenvalue weighted by molar-refractivity contribution is 5.78. The van der Waals surface area contributed by atoms with Crippen LogP contribution < -0.4 is 5.32 Å². The average Bonchev–Trinajstić information content (AvgIpc) is 2.87. The first-order valence-corrected chi connectivity index (χ1v) is 6.55. The number of aliphatic hydroxyl groups is 1. The van der Waals surface area contributed by atoms with E-state index in [-0.39, 0.29) is 17.9 Å². The first kappa shape index (κ1) is 13.0. The van der Waals surface area contributed by atoms with Crippen LogP contribution in [0.2, 0.25) is 0 Å². The summed E-state index contributed by atoms with van der Waals surface area (Å²) in [6.45, 7) is 1.40. The second kappa shape index (κ2) is 6.49. The Kier molecular flexibility index (Phi) is 4.69. The standard InChI is InChI=1S/C12H20N4O2/c17-11-4-1-3-10(9-11)12(18)13-5-2-7-16-8-6-14-15-16/h6,8,10-11,17H,1-5,7,9H2,(H,13,18)/t10-,11-/m0/s1. The second-order valence-corrected chi connectivity index (χ2v) is 4.83. The molecule has 1 saturated carbocycles. The van der Waals surface area contributed by atoms with Gasteiger partial charge in [0.25, 0.3) is 0 Å². The van der Waals surface area contributed by atoms with Gasteiger partial charge in [-0.25, -0.2) is 0 Å². The monoisotopic (exact) mass is 252 g/mol. The van der Waals surface area contributed by atoms with Gasteiger partial charge < -0.3 is 10.4 Å². The molecular formula is C12H20N4O2. The van der Waals surface area contributed by atoms with Crippen LogP contribution in [0.4, 0.5) is 0 Å². The minimum Gasteiger partial charge on any atom is -0.393 e. The lowest BCUT2D eigenvalue weighted by molar-refractivity contribution is -0.127. The zero-order chi connectivity index (χ0) is 12.8. The van der Waals surface area contributed by atoms with Gasteiger partial charge in [-0.2, -0.15) is 0 Å². The third-order valence-corrected chi connectivity index (χ3v) is 3.35. The van der Waals surface area contributed by atoms with E-state index in [2.05, 4.69) is 15.6 Å². The summed E-state index contributed by atoms with van der Waals surface area (Å²) in [5.41, 5.74) is 0. The fourth-order valence-electron chi connectivity index (χ4n) is 2.35. The molecule has 1 heterocycles. The van der Waals surface area contributed by atoms with Gasteiger partial charge in [-0.15, -0.1) is 5.10 Å². The molecule has 0 radical (unpaired) electrons. The van der Waals surface area contributed by atoms with E-state index >= 15 is 0 Å². The van der Waals surface area contributed by atoms with Crippen molar-refractivity contribution in [2.45, 2.75) is 44.8 Å². The van der Waals surface area contributed by atoms with Gasteiger partial charge in [-0.3, -0.25) is 9.48 Å². The Morgan fingerprint density at radius 1 is 1.50 bits per heavy atom. The number of carbonyl (C=O) groups is 1. The molecule has 0 bridgehead atoms. The third kappa shape index (κ3) is 3.80. The summed E-state index contributed by atoms with van der Waals surface area (Å²) in [5.74, 6) is 0.0625. The van der Waals surface area contributed by atoms with Gasteiger partial charge >= 0.3 is 0 Å². The largest absolute Gasteiger partial charge is 0.393 e. The third-order valence-electron chi connectivity index (χ3n) is 3.35. The maximum Gasteiger partial charge on any atom is 0.223 e. The Morgan fingerprint density at radius 2 is 2.39 bits per heavy atom. The van der Waals surface area contributed by atoms with Crippen LogP contribution in [0.5, 0.6) is 0 Å². The fraction of sp³-hybridized carbons (Fsp3) is 0.750. The number of aromatic nitrogens is 3. The summed E-state index contributed by atoms with van der Waals surface area (Å²) in [5, 5.41) is 20.0. The number of hydrogen-bond acceptors (Lipinski definition) is 4. The lowest BCUT2D eigenvalue weighted by Crippen LogP contribution is -2.35. The molecule has 2 atom stereocenters. The summed E-state index contributed by atoms with van der Waals surface area (Å²) in [4.78, 5) is 11.8. The molecule has 1 aromatic rings. The summed E-state index contributed by atoms with van der Waals surface area (Å²) < 4.78 is 1.75. The van der Waals surface area contributed by atoms with E-state index in [0.29, 0.717) is 13.0 Å². The van der Waals surface area contributed by atoms with Gasteiger partial charge in [0.2, 0.25) is 5.91 Å². The van der Waals surface area contributed by atoms with Crippen LogP contribution in [0.3, 0.4) is 0 Å². The van der Waals surface area contributed by atoms with Crippen molar-refractivity contribution in [3.05, 3.63) is 12.4 Å². The van der Waals surface area contributed by atoms with Gasteiger partial charge in [0, 0.05) is 25.2 Å². The van der Waals surface area contributed by atoms with Crippen LogP contribution >= 0.6 is 0 Å². The normalized spacial score (nSPS) is 23.8. The van der Waals surface area contributed by atoms with Crippen LogP contribution in [-0.4, -0.2) is 38.7 Å². The Balaban J connectivity index is 1.62. The average molecular weight is 252 g/mol. The molecule has 0 spiro atoms. The number of nitrogens with one attached hydrogen (secondary N) is 1. The van der Waals surface area contributed by atoms with Crippen molar-refractivity contribution in [1.82, 2.24) is 20.3 Å². The molecule has 0 aliphatic heterocycles. The molecule has 1 fully saturated rings. The van der Waals surface area contributed by atoms with Gasteiger partial charge in [-0.05, 0) is 25.7 Å². The molecule has 18 heavy (non-hydrogen) atoms. The quantitative estimate of drug-likeness (QED) is 0.740. The smallest absolute Gasteiger partial charge is 0.223 e. The molecule has 6 heteroatoms. The van der Waals surface area contributed by atoms with E-state index in [9.17, 15) is 9.90 Å². The number of amides is 1. The minimum atomic E-state index is -0.301. The highest BCUT2D eigenvalue weighted by Gasteiger charge is 2.25. The summed E-state index contributed by atoms with van der Waals surface area (Å²) >= 11 is 0. The van der Waals surface area contributed by atoms with Crippen LogP contribution in [0.25, 0.3) is 0 Å². The van der Waals surface area contributed by atoms with Gasteiger partial charge in [0.1, 0.15) is 0 Å². The predicted molar refractivity (Wildman–Crippen MR) is 65.6 cm³/mol. The molecule has 6 nitrogen and oxygen atoms in total. The maximum absolute atomic E-state index is 11.8. The number of hydrogen-bond donors (Lipinski definition) is 2. The highest BCUT2D eigenvalue weighted by atomic mass is 16.3. The van der Waals surface area contributed by atoms with Crippen molar-refractivity contribution in [3.8, 4) is 0 Å². The number of nitrogens with zero attached hydrogens (tertiary/aromatic N) is 3. The summed E-state index contributed by atoms with van der Waals surface area (Å²) in [6, 6.07) is 0. The summed E-state index contributed by atoms with van der Waals surface area (Å²) in [7, 11) is 0. The first-order chi connectivity index (χ1) is 8.75. The number of carbonyl (C=O) groups excluding carboxylic acids is 1. The van der Waals surface area contributed by atoms with Gasteiger partial charge in [-0.1, -0.05) is 11.6 Å². The lowest BCUT2D eigenvalue weighted by Gasteiger charge is -2.24. The molecule has 1 aliphatic rings. The van der Waals surface area contributed by atoms with E-state index in [4.69, 9.17) is 0 Å². The zero-order valence-electron chi connectivity index (χ0n) is 10.5.